The Kier molecular flexibility index (Phi) is 4.65. The van der Waals surface area contributed by atoms with Gasteiger partial charge in [0.15, 0.2) is 0 Å². The van der Waals surface area contributed by atoms with Crippen LogP contribution in [0.1, 0.15) is 5.82 Å². The van der Waals surface area contributed by atoms with E-state index in [4.69, 9.17) is 16.9 Å². The van der Waals surface area contributed by atoms with E-state index in [1.807, 2.05) is 36.4 Å². The molecule has 0 atom stereocenters. The molecule has 1 heterocycles. The van der Waals surface area contributed by atoms with Crippen molar-refractivity contribution < 1.29 is 0 Å². The number of aromatic nitrogens is 2. The minimum Gasteiger partial charge on any atom is -0.281 e. The van der Waals surface area contributed by atoms with Gasteiger partial charge in [0.1, 0.15) is 12.4 Å². The first-order chi connectivity index (χ1) is 11.2. The summed E-state index contributed by atoms with van der Waals surface area (Å²) in [5.41, 5.74) is 0.452. The molecule has 0 N–H and O–H groups in total. The summed E-state index contributed by atoms with van der Waals surface area (Å²) in [6.07, 6.45) is 0. The maximum atomic E-state index is 12.6. The minimum atomic E-state index is -0.188. The Labute approximate surface area is 142 Å². The highest BCUT2D eigenvalue weighted by molar-refractivity contribution is 7.98. The fraction of sp³-hybridized carbons (Fsp3) is 0.118. The zero-order valence-corrected chi connectivity index (χ0v) is 13.6. The highest BCUT2D eigenvalue weighted by atomic mass is 35.5. The molecule has 0 unspecified atom stereocenters. The third-order valence-electron chi connectivity index (χ3n) is 3.36. The second kappa shape index (κ2) is 6.86. The molecule has 3 rings (SSSR count). The van der Waals surface area contributed by atoms with Crippen LogP contribution < -0.4 is 5.56 Å². The van der Waals surface area contributed by atoms with Crippen molar-refractivity contribution in [1.82, 2.24) is 9.55 Å². The van der Waals surface area contributed by atoms with Crippen LogP contribution in [-0.4, -0.2) is 9.55 Å². The lowest BCUT2D eigenvalue weighted by molar-refractivity contribution is 0.730. The first-order valence-electron chi connectivity index (χ1n) is 6.93. The molecule has 0 saturated heterocycles. The Morgan fingerprint density at radius 1 is 1.17 bits per heavy atom. The highest BCUT2D eigenvalue weighted by Crippen LogP contribution is 2.29. The molecule has 0 saturated carbocycles. The number of nitrogens with zero attached hydrogens (tertiary/aromatic N) is 3. The van der Waals surface area contributed by atoms with Gasteiger partial charge in [0, 0.05) is 4.90 Å². The van der Waals surface area contributed by atoms with Gasteiger partial charge in [0.05, 0.1) is 27.7 Å². The molecule has 0 bridgehead atoms. The largest absolute Gasteiger partial charge is 0.281 e. The van der Waals surface area contributed by atoms with Crippen LogP contribution in [0.4, 0.5) is 0 Å². The van der Waals surface area contributed by atoms with E-state index >= 15 is 0 Å². The molecular formula is C17H12ClN3OS. The summed E-state index contributed by atoms with van der Waals surface area (Å²) in [4.78, 5) is 18.0. The molecule has 1 aromatic heterocycles. The summed E-state index contributed by atoms with van der Waals surface area (Å²) in [6, 6.07) is 16.7. The molecule has 0 aliphatic heterocycles. The van der Waals surface area contributed by atoms with Crippen molar-refractivity contribution in [3.8, 4) is 6.07 Å². The Hall–Kier alpha value is -2.29. The predicted octanol–water partition coefficient (Wildman–Crippen LogP) is 3.87. The van der Waals surface area contributed by atoms with Gasteiger partial charge in [-0.25, -0.2) is 4.98 Å². The van der Waals surface area contributed by atoms with Crippen LogP contribution in [0.3, 0.4) is 0 Å². The van der Waals surface area contributed by atoms with E-state index in [-0.39, 0.29) is 12.1 Å². The number of fused-ring (bicyclic) bond motifs is 1. The number of benzene rings is 2. The number of rotatable bonds is 4. The number of thioether (sulfide) groups is 1. The molecule has 0 aliphatic rings. The number of nitriles is 1. The number of hydrogen-bond donors (Lipinski definition) is 0. The molecule has 0 amide bonds. The van der Waals surface area contributed by atoms with Crippen molar-refractivity contribution >= 4 is 34.3 Å². The SMILES string of the molecule is N#CCn1c(CSc2ccccc2Cl)nc2ccccc2c1=O. The Morgan fingerprint density at radius 3 is 2.70 bits per heavy atom. The van der Waals surface area contributed by atoms with Crippen LogP contribution in [-0.2, 0) is 12.3 Å². The molecule has 0 aliphatic carbocycles. The molecule has 0 radical (unpaired) electrons. The number of para-hydroxylation sites is 1. The van der Waals surface area contributed by atoms with Crippen molar-refractivity contribution in [2.24, 2.45) is 0 Å². The van der Waals surface area contributed by atoms with E-state index in [0.717, 1.165) is 4.90 Å². The highest BCUT2D eigenvalue weighted by Gasteiger charge is 2.11. The summed E-state index contributed by atoms with van der Waals surface area (Å²) in [6.45, 7) is -0.0188. The van der Waals surface area contributed by atoms with Gasteiger partial charge in [-0.2, -0.15) is 5.26 Å². The second-order valence-corrected chi connectivity index (χ2v) is 6.24. The lowest BCUT2D eigenvalue weighted by atomic mass is 10.2. The normalized spacial score (nSPS) is 10.6. The van der Waals surface area contributed by atoms with Gasteiger partial charge >= 0.3 is 0 Å². The predicted molar refractivity (Wildman–Crippen MR) is 92.6 cm³/mol. The summed E-state index contributed by atoms with van der Waals surface area (Å²) < 4.78 is 1.42. The lowest BCUT2D eigenvalue weighted by Crippen LogP contribution is -2.24. The summed E-state index contributed by atoms with van der Waals surface area (Å²) in [5, 5.41) is 10.2. The summed E-state index contributed by atoms with van der Waals surface area (Å²) >= 11 is 7.65. The van der Waals surface area contributed by atoms with E-state index in [1.54, 1.807) is 18.2 Å². The van der Waals surface area contributed by atoms with Gasteiger partial charge in [-0.05, 0) is 24.3 Å². The molecule has 3 aromatic rings. The zero-order valence-electron chi connectivity index (χ0n) is 12.1. The quantitative estimate of drug-likeness (QED) is 0.676. The van der Waals surface area contributed by atoms with Gasteiger partial charge in [-0.1, -0.05) is 35.9 Å². The van der Waals surface area contributed by atoms with Crippen molar-refractivity contribution in [3.63, 3.8) is 0 Å². The first-order valence-corrected chi connectivity index (χ1v) is 8.30. The first kappa shape index (κ1) is 15.6. The number of halogens is 1. The Morgan fingerprint density at radius 2 is 1.91 bits per heavy atom. The number of hydrogen-bond acceptors (Lipinski definition) is 4. The molecule has 0 fully saturated rings. The van der Waals surface area contributed by atoms with Crippen molar-refractivity contribution in [3.05, 3.63) is 69.7 Å². The second-order valence-electron chi connectivity index (χ2n) is 4.81. The van der Waals surface area contributed by atoms with Crippen LogP contribution in [0.25, 0.3) is 10.9 Å². The van der Waals surface area contributed by atoms with E-state index in [1.165, 1.54) is 16.3 Å². The molecule has 0 spiro atoms. The van der Waals surface area contributed by atoms with Gasteiger partial charge in [0.25, 0.3) is 5.56 Å². The van der Waals surface area contributed by atoms with E-state index < -0.39 is 0 Å². The molecule has 2 aromatic carbocycles. The molecule has 23 heavy (non-hydrogen) atoms. The van der Waals surface area contributed by atoms with Gasteiger partial charge in [-0.3, -0.25) is 9.36 Å². The van der Waals surface area contributed by atoms with E-state index in [9.17, 15) is 4.79 Å². The molecular weight excluding hydrogens is 330 g/mol. The summed E-state index contributed by atoms with van der Waals surface area (Å²) in [5.74, 6) is 1.03. The van der Waals surface area contributed by atoms with Gasteiger partial charge in [0.2, 0.25) is 0 Å². The monoisotopic (exact) mass is 341 g/mol. The smallest absolute Gasteiger partial charge is 0.262 e. The fourth-order valence-corrected chi connectivity index (χ4v) is 3.45. The van der Waals surface area contributed by atoms with Crippen LogP contribution in [0, 0.1) is 11.3 Å². The topological polar surface area (TPSA) is 58.7 Å². The third kappa shape index (κ3) is 3.24. The summed E-state index contributed by atoms with van der Waals surface area (Å²) in [7, 11) is 0. The zero-order chi connectivity index (χ0) is 16.2. The molecule has 4 nitrogen and oxygen atoms in total. The Balaban J connectivity index is 2.02. The third-order valence-corrected chi connectivity index (χ3v) is 4.87. The minimum absolute atomic E-state index is 0.0188. The van der Waals surface area contributed by atoms with E-state index in [0.29, 0.717) is 27.5 Å². The van der Waals surface area contributed by atoms with Gasteiger partial charge < -0.3 is 0 Å². The average Bonchev–Trinajstić information content (AvgIpc) is 2.57. The average molecular weight is 342 g/mol. The van der Waals surface area contributed by atoms with Crippen LogP contribution in [0.5, 0.6) is 0 Å². The fourth-order valence-electron chi connectivity index (χ4n) is 2.26. The molecule has 114 valence electrons. The van der Waals surface area contributed by atoms with Crippen molar-refractivity contribution in [2.75, 3.05) is 0 Å². The lowest BCUT2D eigenvalue weighted by Gasteiger charge is -2.11. The van der Waals surface area contributed by atoms with Crippen LogP contribution in [0.15, 0.2) is 58.2 Å². The van der Waals surface area contributed by atoms with Crippen LogP contribution in [0.2, 0.25) is 5.02 Å². The maximum Gasteiger partial charge on any atom is 0.262 e. The standard InChI is InChI=1S/C17H12ClN3OS/c18-13-6-2-4-8-15(13)23-11-16-20-14-7-3-1-5-12(14)17(22)21(16)10-9-19/h1-8H,10-11H2. The van der Waals surface area contributed by atoms with Crippen molar-refractivity contribution in [1.29, 1.82) is 5.26 Å². The van der Waals surface area contributed by atoms with Crippen LogP contribution >= 0.6 is 23.4 Å². The van der Waals surface area contributed by atoms with Crippen molar-refractivity contribution in [2.45, 2.75) is 17.2 Å². The maximum absolute atomic E-state index is 12.6. The molecule has 6 heteroatoms. The Bertz CT molecular complexity index is 962. The van der Waals surface area contributed by atoms with E-state index in [2.05, 4.69) is 4.98 Å². The van der Waals surface area contributed by atoms with Gasteiger partial charge in [-0.15, -0.1) is 11.8 Å².